The van der Waals surface area contributed by atoms with Crippen LogP contribution in [-0.4, -0.2) is 47.9 Å². The molecule has 3 saturated heterocycles. The van der Waals surface area contributed by atoms with Gasteiger partial charge in [-0.05, 0) is 36.1 Å². The highest BCUT2D eigenvalue weighted by Crippen LogP contribution is 2.37. The molecule has 3 unspecified atom stereocenters. The van der Waals surface area contributed by atoms with E-state index in [1.54, 1.807) is 0 Å². The molecule has 4 aliphatic rings. The maximum absolute atomic E-state index is 12.1. The number of hydrogen-bond acceptors (Lipinski definition) is 5. The van der Waals surface area contributed by atoms with Gasteiger partial charge in [-0.2, -0.15) is 0 Å². The van der Waals surface area contributed by atoms with E-state index in [0.717, 1.165) is 26.2 Å². The Bertz CT molecular complexity index is 705. The lowest BCUT2D eigenvalue weighted by Crippen LogP contribution is -2.68. The van der Waals surface area contributed by atoms with Crippen LogP contribution < -0.4 is 15.5 Å². The molecule has 0 saturated carbocycles. The number of piperazine rings is 1. The van der Waals surface area contributed by atoms with Gasteiger partial charge in [0.05, 0.1) is 6.04 Å². The molecule has 3 atom stereocenters. The molecule has 4 heterocycles. The second kappa shape index (κ2) is 5.29. The second-order valence-corrected chi connectivity index (χ2v) is 7.43. The van der Waals surface area contributed by atoms with Gasteiger partial charge in [-0.15, -0.1) is 0 Å². The van der Waals surface area contributed by atoms with Crippen molar-refractivity contribution in [3.63, 3.8) is 0 Å². The molecule has 24 heavy (non-hydrogen) atoms. The number of imide groups is 1. The van der Waals surface area contributed by atoms with Gasteiger partial charge in [0.2, 0.25) is 11.8 Å². The lowest BCUT2D eigenvalue weighted by Gasteiger charge is -2.54. The summed E-state index contributed by atoms with van der Waals surface area (Å²) in [5, 5.41) is 5.95. The molecule has 0 aromatic heterocycles. The largest absolute Gasteiger partial charge is 0.363 e. The summed E-state index contributed by atoms with van der Waals surface area (Å²) < 4.78 is 0. The van der Waals surface area contributed by atoms with Crippen LogP contribution in [0.1, 0.15) is 30.4 Å². The lowest BCUT2D eigenvalue weighted by atomic mass is 9.87. The number of amides is 2. The van der Waals surface area contributed by atoms with Gasteiger partial charge in [-0.1, -0.05) is 6.07 Å². The summed E-state index contributed by atoms with van der Waals surface area (Å²) in [6.45, 7) is 3.76. The molecule has 0 spiro atoms. The number of anilines is 1. The highest BCUT2D eigenvalue weighted by molar-refractivity contribution is 6.00. The molecule has 3 fully saturated rings. The predicted molar refractivity (Wildman–Crippen MR) is 89.4 cm³/mol. The van der Waals surface area contributed by atoms with Gasteiger partial charge in [0.25, 0.3) is 0 Å². The minimum Gasteiger partial charge on any atom is -0.363 e. The van der Waals surface area contributed by atoms with Crippen LogP contribution >= 0.6 is 0 Å². The van der Waals surface area contributed by atoms with E-state index in [-0.39, 0.29) is 17.9 Å². The first-order valence-electron chi connectivity index (χ1n) is 8.87. The third-order valence-corrected chi connectivity index (χ3v) is 5.98. The van der Waals surface area contributed by atoms with Crippen molar-refractivity contribution in [2.75, 3.05) is 18.0 Å². The molecule has 2 bridgehead atoms. The van der Waals surface area contributed by atoms with Crippen LogP contribution in [-0.2, 0) is 22.7 Å². The number of benzene rings is 1. The highest BCUT2D eigenvalue weighted by Gasteiger charge is 2.42. The predicted octanol–water partition coefficient (Wildman–Crippen LogP) is 0.358. The van der Waals surface area contributed by atoms with E-state index in [0.29, 0.717) is 24.9 Å². The molecule has 1 aromatic rings. The number of rotatable bonds is 2. The van der Waals surface area contributed by atoms with Crippen molar-refractivity contribution in [3.05, 3.63) is 29.3 Å². The van der Waals surface area contributed by atoms with Crippen LogP contribution in [0, 0.1) is 0 Å². The number of fused-ring (bicyclic) bond motifs is 3. The van der Waals surface area contributed by atoms with Crippen molar-refractivity contribution in [3.8, 4) is 0 Å². The first kappa shape index (κ1) is 14.4. The molecule has 6 nitrogen and oxygen atoms in total. The summed E-state index contributed by atoms with van der Waals surface area (Å²) in [5.74, 6) is -0.282. The van der Waals surface area contributed by atoms with Gasteiger partial charge in [0.1, 0.15) is 0 Å². The number of carbonyl (C=O) groups is 2. The van der Waals surface area contributed by atoms with Crippen LogP contribution in [0.3, 0.4) is 0 Å². The Hall–Kier alpha value is -1.92. The van der Waals surface area contributed by atoms with E-state index in [1.807, 2.05) is 0 Å². The number of hydrogen-bond donors (Lipinski definition) is 2. The third-order valence-electron chi connectivity index (χ3n) is 5.98. The Morgan fingerprint density at radius 2 is 1.83 bits per heavy atom. The summed E-state index contributed by atoms with van der Waals surface area (Å²) in [4.78, 5) is 28.2. The fourth-order valence-electron chi connectivity index (χ4n) is 4.72. The van der Waals surface area contributed by atoms with Gasteiger partial charge in [-0.3, -0.25) is 19.8 Å². The molecular formula is C18H22N4O2. The van der Waals surface area contributed by atoms with E-state index < -0.39 is 0 Å². The molecule has 4 aliphatic heterocycles. The molecule has 2 amide bonds. The van der Waals surface area contributed by atoms with Crippen molar-refractivity contribution in [2.45, 2.75) is 50.5 Å². The minimum atomic E-state index is -0.175. The molecule has 2 N–H and O–H groups in total. The van der Waals surface area contributed by atoms with Crippen molar-refractivity contribution in [1.82, 2.24) is 15.5 Å². The summed E-state index contributed by atoms with van der Waals surface area (Å²) in [6.07, 6.45) is 2.37. The van der Waals surface area contributed by atoms with Crippen LogP contribution in [0.25, 0.3) is 0 Å². The molecule has 1 aromatic carbocycles. The average molecular weight is 326 g/mol. The first-order valence-corrected chi connectivity index (χ1v) is 8.87. The fraction of sp³-hybridized carbons (Fsp3) is 0.556. The molecule has 5 rings (SSSR count). The SMILES string of the molecule is O=C1CCC(N2Cc3ccc(N4C5CNCC4C5)cc3C2)C(=O)N1. The molecule has 0 aliphatic carbocycles. The van der Waals surface area contributed by atoms with Crippen LogP contribution in [0.2, 0.25) is 0 Å². The maximum Gasteiger partial charge on any atom is 0.243 e. The third kappa shape index (κ3) is 2.17. The monoisotopic (exact) mass is 326 g/mol. The van der Waals surface area contributed by atoms with Crippen molar-refractivity contribution in [2.24, 2.45) is 0 Å². The Kier molecular flexibility index (Phi) is 3.18. The maximum atomic E-state index is 12.1. The van der Waals surface area contributed by atoms with E-state index >= 15 is 0 Å². The van der Waals surface area contributed by atoms with Gasteiger partial charge < -0.3 is 10.2 Å². The Balaban J connectivity index is 1.34. The van der Waals surface area contributed by atoms with E-state index in [1.165, 1.54) is 23.2 Å². The summed E-state index contributed by atoms with van der Waals surface area (Å²) in [6, 6.07) is 7.86. The zero-order chi connectivity index (χ0) is 16.3. The Labute approximate surface area is 141 Å². The lowest BCUT2D eigenvalue weighted by molar-refractivity contribution is -0.137. The van der Waals surface area contributed by atoms with E-state index in [9.17, 15) is 9.59 Å². The fourth-order valence-corrected chi connectivity index (χ4v) is 4.72. The highest BCUT2D eigenvalue weighted by atomic mass is 16.2. The number of nitrogens with zero attached hydrogens (tertiary/aromatic N) is 2. The van der Waals surface area contributed by atoms with Crippen molar-refractivity contribution >= 4 is 17.5 Å². The van der Waals surface area contributed by atoms with Crippen LogP contribution in [0.15, 0.2) is 18.2 Å². The van der Waals surface area contributed by atoms with Gasteiger partial charge >= 0.3 is 0 Å². The molecular weight excluding hydrogens is 304 g/mol. The Morgan fingerprint density at radius 1 is 1.04 bits per heavy atom. The zero-order valence-corrected chi connectivity index (χ0v) is 13.6. The second-order valence-electron chi connectivity index (χ2n) is 7.43. The first-order chi connectivity index (χ1) is 11.7. The summed E-state index contributed by atoms with van der Waals surface area (Å²) in [7, 11) is 0. The topological polar surface area (TPSA) is 64.7 Å². The van der Waals surface area contributed by atoms with Crippen molar-refractivity contribution < 1.29 is 9.59 Å². The number of piperidine rings is 2. The van der Waals surface area contributed by atoms with Gasteiger partial charge in [0.15, 0.2) is 0 Å². The van der Waals surface area contributed by atoms with E-state index in [2.05, 4.69) is 38.6 Å². The standard InChI is InChI=1S/C18H22N4O2/c23-17-4-3-16(18(24)20-17)21-9-11-1-2-13(5-12(11)10-21)22-14-6-15(22)8-19-7-14/h1-2,5,14-16,19H,3-4,6-10H2,(H,20,23,24). The zero-order valence-electron chi connectivity index (χ0n) is 13.6. The quantitative estimate of drug-likeness (QED) is 0.768. The van der Waals surface area contributed by atoms with Crippen molar-refractivity contribution in [1.29, 1.82) is 0 Å². The van der Waals surface area contributed by atoms with Gasteiger partial charge in [0, 0.05) is 50.4 Å². The van der Waals surface area contributed by atoms with E-state index in [4.69, 9.17) is 0 Å². The van der Waals surface area contributed by atoms with Gasteiger partial charge in [-0.25, -0.2) is 0 Å². The average Bonchev–Trinajstić information content (AvgIpc) is 2.98. The molecule has 6 heteroatoms. The molecule has 0 radical (unpaired) electrons. The number of nitrogens with one attached hydrogen (secondary N) is 2. The Morgan fingerprint density at radius 3 is 2.58 bits per heavy atom. The minimum absolute atomic E-state index is 0.136. The summed E-state index contributed by atoms with van der Waals surface area (Å²) >= 11 is 0. The molecule has 126 valence electrons. The van der Waals surface area contributed by atoms with Crippen LogP contribution in [0.4, 0.5) is 5.69 Å². The summed E-state index contributed by atoms with van der Waals surface area (Å²) in [5.41, 5.74) is 3.96. The number of carbonyl (C=O) groups excluding carboxylic acids is 2. The smallest absolute Gasteiger partial charge is 0.243 e. The van der Waals surface area contributed by atoms with Crippen LogP contribution in [0.5, 0.6) is 0 Å². The normalized spacial score (nSPS) is 32.3.